The van der Waals surface area contributed by atoms with E-state index in [0.29, 0.717) is 27.3 Å². The second kappa shape index (κ2) is 6.64. The second-order valence-corrected chi connectivity index (χ2v) is 6.67. The molecule has 2 rings (SSSR count). The normalized spacial score (nSPS) is 10.6. The van der Waals surface area contributed by atoms with Gasteiger partial charge in [0.25, 0.3) is 0 Å². The fourth-order valence-corrected chi connectivity index (χ4v) is 3.15. The first kappa shape index (κ1) is 15.4. The molecular weight excluding hydrogens is 438 g/mol. The quantitative estimate of drug-likeness (QED) is 0.571. The maximum atomic E-state index is 6.09. The van der Waals surface area contributed by atoms with Crippen LogP contribution in [0.4, 0.5) is 5.69 Å². The molecule has 100 valence electrons. The molecule has 0 aliphatic heterocycles. The Balaban J connectivity index is 2.16. The third-order valence-corrected chi connectivity index (χ3v) is 4.50. The first-order valence-corrected chi connectivity index (χ1v) is 7.87. The molecule has 1 heterocycles. The molecule has 0 saturated carbocycles. The highest BCUT2D eigenvalue weighted by atomic mass is 79.9. The van der Waals surface area contributed by atoms with Crippen LogP contribution in [-0.4, -0.2) is 4.98 Å². The zero-order valence-electron chi connectivity index (χ0n) is 9.35. The van der Waals surface area contributed by atoms with Gasteiger partial charge in [-0.3, -0.25) is 4.98 Å². The molecule has 0 saturated heterocycles. The molecule has 19 heavy (non-hydrogen) atoms. The Bertz CT molecular complexity index is 620. The van der Waals surface area contributed by atoms with Gasteiger partial charge in [-0.05, 0) is 50.1 Å². The molecule has 2 aromatic rings. The van der Waals surface area contributed by atoms with Crippen LogP contribution in [0, 0.1) is 0 Å². The fraction of sp³-hybridized carbons (Fsp3) is 0.0833. The third kappa shape index (κ3) is 3.99. The summed E-state index contributed by atoms with van der Waals surface area (Å²) in [4.78, 5) is 4.30. The van der Waals surface area contributed by atoms with Gasteiger partial charge in [-0.1, -0.05) is 34.8 Å². The van der Waals surface area contributed by atoms with Crippen molar-refractivity contribution in [3.63, 3.8) is 0 Å². The molecule has 0 spiro atoms. The van der Waals surface area contributed by atoms with Crippen LogP contribution in [0.2, 0.25) is 15.1 Å². The number of rotatable bonds is 3. The van der Waals surface area contributed by atoms with Crippen molar-refractivity contribution in [2.75, 3.05) is 5.32 Å². The van der Waals surface area contributed by atoms with Crippen molar-refractivity contribution in [2.24, 2.45) is 0 Å². The van der Waals surface area contributed by atoms with Crippen molar-refractivity contribution in [2.45, 2.75) is 6.54 Å². The molecule has 7 heteroatoms. The topological polar surface area (TPSA) is 24.9 Å². The summed E-state index contributed by atoms with van der Waals surface area (Å²) < 4.78 is 1.82. The highest BCUT2D eigenvalue weighted by Gasteiger charge is 2.07. The number of hydrogen-bond donors (Lipinski definition) is 1. The highest BCUT2D eigenvalue weighted by molar-refractivity contribution is 9.11. The lowest BCUT2D eigenvalue weighted by molar-refractivity contribution is 1.03. The summed E-state index contributed by atoms with van der Waals surface area (Å²) in [6, 6.07) is 5.23. The lowest BCUT2D eigenvalue weighted by Crippen LogP contribution is -2.03. The van der Waals surface area contributed by atoms with Crippen LogP contribution in [-0.2, 0) is 6.54 Å². The van der Waals surface area contributed by atoms with E-state index in [4.69, 9.17) is 34.8 Å². The number of anilines is 1. The summed E-state index contributed by atoms with van der Waals surface area (Å²) in [6.45, 7) is 0.519. The van der Waals surface area contributed by atoms with E-state index in [1.165, 1.54) is 0 Å². The largest absolute Gasteiger partial charge is 0.378 e. The Morgan fingerprint density at radius 1 is 1.00 bits per heavy atom. The van der Waals surface area contributed by atoms with Crippen LogP contribution in [0.3, 0.4) is 0 Å². The summed E-state index contributed by atoms with van der Waals surface area (Å²) >= 11 is 24.7. The zero-order valence-corrected chi connectivity index (χ0v) is 14.8. The average Bonchev–Trinajstić information content (AvgIpc) is 2.34. The summed E-state index contributed by atoms with van der Waals surface area (Å²) in [7, 11) is 0. The predicted molar refractivity (Wildman–Crippen MR) is 88.4 cm³/mol. The van der Waals surface area contributed by atoms with Crippen molar-refractivity contribution >= 4 is 72.4 Å². The molecule has 2 nitrogen and oxygen atoms in total. The number of halogens is 5. The first-order valence-electron chi connectivity index (χ1n) is 5.15. The molecule has 1 aromatic carbocycles. The predicted octanol–water partition coefficient (Wildman–Crippen LogP) is 6.18. The molecular formula is C12H7Br2Cl3N2. The van der Waals surface area contributed by atoms with E-state index in [2.05, 4.69) is 42.2 Å². The van der Waals surface area contributed by atoms with Crippen molar-refractivity contribution in [3.05, 3.63) is 54.1 Å². The monoisotopic (exact) mass is 442 g/mol. The van der Waals surface area contributed by atoms with E-state index in [0.717, 1.165) is 14.6 Å². The van der Waals surface area contributed by atoms with Crippen LogP contribution < -0.4 is 5.32 Å². The SMILES string of the molecule is Clc1cc(Cl)c(NCc2ncc(Br)cc2Br)cc1Cl. The van der Waals surface area contributed by atoms with Crippen LogP contribution >= 0.6 is 66.7 Å². The number of nitrogens with zero attached hydrogens (tertiary/aromatic N) is 1. The Hall–Kier alpha value is -0.000000000000000167. The molecule has 0 atom stereocenters. The average molecular weight is 445 g/mol. The highest BCUT2D eigenvalue weighted by Crippen LogP contribution is 2.32. The van der Waals surface area contributed by atoms with Gasteiger partial charge in [0.1, 0.15) is 0 Å². The zero-order chi connectivity index (χ0) is 14.0. The molecule has 0 bridgehead atoms. The van der Waals surface area contributed by atoms with Crippen LogP contribution in [0.1, 0.15) is 5.69 Å². The summed E-state index contributed by atoms with van der Waals surface area (Å²) in [5.74, 6) is 0. The molecule has 0 aliphatic carbocycles. The number of pyridine rings is 1. The molecule has 1 N–H and O–H groups in total. The van der Waals surface area contributed by atoms with E-state index >= 15 is 0 Å². The van der Waals surface area contributed by atoms with Gasteiger partial charge in [-0.15, -0.1) is 0 Å². The summed E-state index contributed by atoms with van der Waals surface area (Å²) in [5.41, 5.74) is 1.58. The standard InChI is InChI=1S/C12H7Br2Cl3N2/c13-6-1-7(14)12(18-4-6)5-19-11-3-9(16)8(15)2-10(11)17/h1-4,19H,5H2. The lowest BCUT2D eigenvalue weighted by Gasteiger charge is -2.10. The van der Waals surface area contributed by atoms with Gasteiger partial charge in [0, 0.05) is 15.1 Å². The van der Waals surface area contributed by atoms with Gasteiger partial charge < -0.3 is 5.32 Å². The summed E-state index contributed by atoms with van der Waals surface area (Å²) in [5, 5.41) is 4.58. The Morgan fingerprint density at radius 3 is 2.37 bits per heavy atom. The van der Waals surface area contributed by atoms with Gasteiger partial charge in [0.05, 0.1) is 33.0 Å². The van der Waals surface area contributed by atoms with Crippen molar-refractivity contribution in [1.82, 2.24) is 4.98 Å². The van der Waals surface area contributed by atoms with Crippen molar-refractivity contribution < 1.29 is 0 Å². The van der Waals surface area contributed by atoms with Crippen LogP contribution in [0.15, 0.2) is 33.3 Å². The Morgan fingerprint density at radius 2 is 1.68 bits per heavy atom. The Kier molecular flexibility index (Phi) is 5.37. The lowest BCUT2D eigenvalue weighted by atomic mass is 10.3. The molecule has 0 amide bonds. The molecule has 0 aliphatic rings. The molecule has 0 radical (unpaired) electrons. The van der Waals surface area contributed by atoms with Gasteiger partial charge in [0.2, 0.25) is 0 Å². The van der Waals surface area contributed by atoms with Gasteiger partial charge in [-0.2, -0.15) is 0 Å². The minimum absolute atomic E-state index is 0.431. The number of benzene rings is 1. The van der Waals surface area contributed by atoms with E-state index in [1.807, 2.05) is 6.07 Å². The number of hydrogen-bond acceptors (Lipinski definition) is 2. The first-order chi connectivity index (χ1) is 8.97. The second-order valence-electron chi connectivity index (χ2n) is 3.68. The van der Waals surface area contributed by atoms with Gasteiger partial charge >= 0.3 is 0 Å². The van der Waals surface area contributed by atoms with E-state index < -0.39 is 0 Å². The van der Waals surface area contributed by atoms with Crippen molar-refractivity contribution in [3.8, 4) is 0 Å². The fourth-order valence-electron chi connectivity index (χ4n) is 1.41. The smallest absolute Gasteiger partial charge is 0.0737 e. The maximum Gasteiger partial charge on any atom is 0.0737 e. The van der Waals surface area contributed by atoms with Gasteiger partial charge in [-0.25, -0.2) is 0 Å². The minimum atomic E-state index is 0.431. The molecule has 1 aromatic heterocycles. The summed E-state index contributed by atoms with van der Waals surface area (Å²) in [6.07, 6.45) is 1.73. The van der Waals surface area contributed by atoms with Gasteiger partial charge in [0.15, 0.2) is 0 Å². The Labute approximate surface area is 142 Å². The van der Waals surface area contributed by atoms with E-state index in [-0.39, 0.29) is 0 Å². The van der Waals surface area contributed by atoms with E-state index in [1.54, 1.807) is 18.3 Å². The van der Waals surface area contributed by atoms with E-state index in [9.17, 15) is 0 Å². The number of nitrogens with one attached hydrogen (secondary N) is 1. The van der Waals surface area contributed by atoms with Crippen LogP contribution in [0.25, 0.3) is 0 Å². The maximum absolute atomic E-state index is 6.09. The van der Waals surface area contributed by atoms with Crippen LogP contribution in [0.5, 0.6) is 0 Å². The molecule has 0 unspecified atom stereocenters. The molecule has 0 fully saturated rings. The minimum Gasteiger partial charge on any atom is -0.378 e. The third-order valence-electron chi connectivity index (χ3n) is 2.34. The number of aromatic nitrogens is 1. The van der Waals surface area contributed by atoms with Crippen molar-refractivity contribution in [1.29, 1.82) is 0 Å².